The lowest BCUT2D eigenvalue weighted by atomic mass is 10.1. The zero-order valence-electron chi connectivity index (χ0n) is 22.0. The number of hydrogen-bond acceptors (Lipinski definition) is 4. The quantitative estimate of drug-likeness (QED) is 0.350. The summed E-state index contributed by atoms with van der Waals surface area (Å²) in [5, 5.41) is 3.04. The van der Waals surface area contributed by atoms with Crippen LogP contribution in [0.1, 0.15) is 37.0 Å². The van der Waals surface area contributed by atoms with Crippen LogP contribution in [0.15, 0.2) is 55.3 Å². The van der Waals surface area contributed by atoms with E-state index in [4.69, 9.17) is 6.42 Å². The number of likely N-dealkylation sites (N-methyl/N-ethyl adjacent to an activating group) is 2. The lowest BCUT2D eigenvalue weighted by Crippen LogP contribution is -2.45. The summed E-state index contributed by atoms with van der Waals surface area (Å²) in [7, 11) is 3.63. The van der Waals surface area contributed by atoms with E-state index in [0.29, 0.717) is 38.0 Å². The molecule has 1 aliphatic heterocycles. The van der Waals surface area contributed by atoms with Crippen LogP contribution in [0.5, 0.6) is 0 Å². The van der Waals surface area contributed by atoms with Gasteiger partial charge in [0.1, 0.15) is 6.54 Å². The Hall–Kier alpha value is -3.51. The average Bonchev–Trinajstić information content (AvgIpc) is 2.87. The van der Waals surface area contributed by atoms with E-state index in [2.05, 4.69) is 17.8 Å². The maximum Gasteiger partial charge on any atom is 0.409 e. The summed E-state index contributed by atoms with van der Waals surface area (Å²) in [6.45, 7) is 9.55. The van der Waals surface area contributed by atoms with Gasteiger partial charge >= 0.3 is 6.18 Å². The van der Waals surface area contributed by atoms with E-state index >= 15 is 0 Å². The molecule has 0 spiro atoms. The van der Waals surface area contributed by atoms with Crippen molar-refractivity contribution in [2.75, 3.05) is 50.1 Å². The van der Waals surface area contributed by atoms with Crippen LogP contribution in [0, 0.1) is 18.3 Å². The molecule has 1 heterocycles. The first-order chi connectivity index (χ1) is 17.5. The van der Waals surface area contributed by atoms with Crippen LogP contribution in [-0.2, 0) is 4.79 Å². The van der Waals surface area contributed by atoms with Gasteiger partial charge in [0.15, 0.2) is 0 Å². The minimum atomic E-state index is -4.13. The number of carbonyl (C=O) groups is 2. The summed E-state index contributed by atoms with van der Waals surface area (Å²) in [6, 6.07) is 5.51. The Labute approximate surface area is 218 Å². The fourth-order valence-corrected chi connectivity index (χ4v) is 3.36. The standard InChI is InChI=1S/C23H30N4O2.C5H7F3/c1-6-8-9-13-26-17-22(28)27(16-18(3)7-2)21-15-19(10-11-20(21)26)23(29)25(5)14-12-24-4;1-2-3-4-5(6,7)8/h1,7,9-11,13,15,18,24H,2,8,12,14,16-17H2,3-5H3;3-4H,2H2,1H3/b13-9-;4-3+. The molecule has 202 valence electrons. The number of benzene rings is 1. The maximum atomic E-state index is 12.9. The van der Waals surface area contributed by atoms with Crippen molar-refractivity contribution in [2.45, 2.75) is 32.9 Å². The molecule has 1 N–H and O–H groups in total. The third-order valence-electron chi connectivity index (χ3n) is 5.41. The highest BCUT2D eigenvalue weighted by Gasteiger charge is 2.30. The molecular formula is C28H37F3N4O2. The second-order valence-electron chi connectivity index (χ2n) is 8.52. The van der Waals surface area contributed by atoms with E-state index in [1.165, 1.54) is 0 Å². The van der Waals surface area contributed by atoms with Crippen LogP contribution in [0.4, 0.5) is 24.5 Å². The summed E-state index contributed by atoms with van der Waals surface area (Å²) in [4.78, 5) is 31.0. The van der Waals surface area contributed by atoms with Crippen LogP contribution in [0.3, 0.4) is 0 Å². The van der Waals surface area contributed by atoms with Crippen molar-refractivity contribution >= 4 is 23.2 Å². The topological polar surface area (TPSA) is 55.9 Å². The fraction of sp³-hybridized carbons (Fsp3) is 0.429. The van der Waals surface area contributed by atoms with E-state index in [-0.39, 0.29) is 30.4 Å². The normalized spacial score (nSPS) is 14.2. The molecule has 1 atom stereocenters. The first-order valence-electron chi connectivity index (χ1n) is 12.1. The lowest BCUT2D eigenvalue weighted by Gasteiger charge is -2.37. The number of anilines is 2. The lowest BCUT2D eigenvalue weighted by molar-refractivity contribution is -0.117. The second kappa shape index (κ2) is 15.6. The van der Waals surface area contributed by atoms with E-state index in [9.17, 15) is 22.8 Å². The van der Waals surface area contributed by atoms with E-state index in [1.54, 1.807) is 23.8 Å². The van der Waals surface area contributed by atoms with Crippen LogP contribution < -0.4 is 15.1 Å². The summed E-state index contributed by atoms with van der Waals surface area (Å²) in [6.07, 6.45) is 8.96. The van der Waals surface area contributed by atoms with Crippen molar-refractivity contribution < 1.29 is 22.8 Å². The molecule has 1 aromatic rings. The minimum Gasteiger partial charge on any atom is -0.340 e. The molecule has 0 saturated heterocycles. The van der Waals surface area contributed by atoms with Crippen molar-refractivity contribution in [3.8, 4) is 12.3 Å². The van der Waals surface area contributed by atoms with Gasteiger partial charge in [0.25, 0.3) is 5.91 Å². The monoisotopic (exact) mass is 518 g/mol. The van der Waals surface area contributed by atoms with Crippen molar-refractivity contribution in [3.05, 3.63) is 60.8 Å². The van der Waals surface area contributed by atoms with Gasteiger partial charge in [0.2, 0.25) is 5.91 Å². The van der Waals surface area contributed by atoms with Gasteiger partial charge < -0.3 is 20.0 Å². The molecule has 1 aliphatic rings. The third kappa shape index (κ3) is 10.6. The summed E-state index contributed by atoms with van der Waals surface area (Å²) in [5.74, 6) is 2.60. The van der Waals surface area contributed by atoms with Gasteiger partial charge in [-0.15, -0.1) is 18.9 Å². The first kappa shape index (κ1) is 31.5. The minimum absolute atomic E-state index is 0.0234. The second-order valence-corrected chi connectivity index (χ2v) is 8.52. The van der Waals surface area contributed by atoms with Crippen molar-refractivity contribution in [1.29, 1.82) is 0 Å². The number of terminal acetylenes is 1. The number of nitrogens with zero attached hydrogens (tertiary/aromatic N) is 3. The molecule has 0 bridgehead atoms. The van der Waals surface area contributed by atoms with E-state index in [0.717, 1.165) is 17.5 Å². The van der Waals surface area contributed by atoms with Crippen molar-refractivity contribution in [2.24, 2.45) is 5.92 Å². The zero-order valence-corrected chi connectivity index (χ0v) is 22.0. The van der Waals surface area contributed by atoms with Crippen molar-refractivity contribution in [1.82, 2.24) is 10.2 Å². The predicted octanol–water partition coefficient (Wildman–Crippen LogP) is 5.01. The summed E-state index contributed by atoms with van der Waals surface area (Å²) in [5.41, 5.74) is 2.16. The molecule has 6 nitrogen and oxygen atoms in total. The van der Waals surface area contributed by atoms with E-state index < -0.39 is 6.18 Å². The SMILES string of the molecule is C#CC/C=C\N1CC(=O)N(CC(C)C=C)c2cc(C(=O)N(C)CCNC)ccc21.CC/C=C/C(F)(F)F. The molecule has 1 aromatic carbocycles. The van der Waals surface area contributed by atoms with Crippen LogP contribution in [-0.4, -0.2) is 63.2 Å². The number of nitrogens with one attached hydrogen (secondary N) is 1. The molecule has 0 aromatic heterocycles. The molecule has 0 fully saturated rings. The highest BCUT2D eigenvalue weighted by atomic mass is 19.4. The molecule has 2 amide bonds. The maximum absolute atomic E-state index is 12.9. The number of hydrogen-bond donors (Lipinski definition) is 1. The van der Waals surface area contributed by atoms with Gasteiger partial charge in [-0.1, -0.05) is 32.1 Å². The third-order valence-corrected chi connectivity index (χ3v) is 5.41. The Balaban J connectivity index is 0.000000738. The Kier molecular flexibility index (Phi) is 13.3. The smallest absolute Gasteiger partial charge is 0.340 e. The highest BCUT2D eigenvalue weighted by Crippen LogP contribution is 2.35. The van der Waals surface area contributed by atoms with Gasteiger partial charge in [-0.3, -0.25) is 9.59 Å². The van der Waals surface area contributed by atoms with Gasteiger partial charge in [0.05, 0.1) is 11.4 Å². The number of fused-ring (bicyclic) bond motifs is 1. The molecule has 0 aliphatic carbocycles. The van der Waals surface area contributed by atoms with Crippen molar-refractivity contribution in [3.63, 3.8) is 0 Å². The van der Waals surface area contributed by atoms with Gasteiger partial charge in [-0.05, 0) is 37.6 Å². The number of halogens is 3. The zero-order chi connectivity index (χ0) is 28.0. The molecule has 9 heteroatoms. The summed E-state index contributed by atoms with van der Waals surface area (Å²) >= 11 is 0. The highest BCUT2D eigenvalue weighted by molar-refractivity contribution is 6.06. The average molecular weight is 519 g/mol. The molecule has 37 heavy (non-hydrogen) atoms. The van der Waals surface area contributed by atoms with Gasteiger partial charge in [-0.2, -0.15) is 13.2 Å². The molecule has 0 radical (unpaired) electrons. The number of carbonyl (C=O) groups excluding carboxylic acids is 2. The summed E-state index contributed by atoms with van der Waals surface area (Å²) < 4.78 is 33.5. The fourth-order valence-electron chi connectivity index (χ4n) is 3.36. The Bertz CT molecular complexity index is 1010. The first-order valence-corrected chi connectivity index (χ1v) is 12.1. The number of amides is 2. The largest absolute Gasteiger partial charge is 0.409 e. The predicted molar refractivity (Wildman–Crippen MR) is 144 cm³/mol. The van der Waals surface area contributed by atoms with Crippen LogP contribution >= 0.6 is 0 Å². The number of rotatable bonds is 10. The molecule has 2 rings (SSSR count). The molecule has 0 saturated carbocycles. The number of allylic oxidation sites excluding steroid dienone is 3. The van der Waals surface area contributed by atoms with E-state index in [1.807, 2.05) is 55.4 Å². The Morgan fingerprint density at radius 2 is 2.03 bits per heavy atom. The Morgan fingerprint density at radius 1 is 1.32 bits per heavy atom. The van der Waals surface area contributed by atoms with Gasteiger partial charge in [0, 0.05) is 50.9 Å². The van der Waals surface area contributed by atoms with Crippen LogP contribution in [0.2, 0.25) is 0 Å². The number of alkyl halides is 3. The van der Waals surface area contributed by atoms with Crippen LogP contribution in [0.25, 0.3) is 0 Å². The van der Waals surface area contributed by atoms with Gasteiger partial charge in [-0.25, -0.2) is 0 Å². The molecule has 1 unspecified atom stereocenters. The molecular weight excluding hydrogens is 481 g/mol. The Morgan fingerprint density at radius 3 is 2.57 bits per heavy atom.